The number of rotatable bonds is 8. The van der Waals surface area contributed by atoms with Gasteiger partial charge in [-0.05, 0) is 30.5 Å². The molecule has 2 atom stereocenters. The van der Waals surface area contributed by atoms with E-state index in [0.29, 0.717) is 19.8 Å². The fourth-order valence-electron chi connectivity index (χ4n) is 3.49. The minimum Gasteiger partial charge on any atom is -0.389 e. The highest BCUT2D eigenvalue weighted by Gasteiger charge is 2.20. The average molecular weight is 369 g/mol. The Hall–Kier alpha value is -0.690. The van der Waals surface area contributed by atoms with Crippen LogP contribution in [0.4, 0.5) is 0 Å². The van der Waals surface area contributed by atoms with Crippen LogP contribution in [0.2, 0.25) is 5.02 Å². The highest BCUT2D eigenvalue weighted by Crippen LogP contribution is 2.14. The fraction of sp³-hybridized carbons (Fsp3) is 0.684. The minimum absolute atomic E-state index is 0.224. The highest BCUT2D eigenvalue weighted by atomic mass is 35.5. The smallest absolute Gasteiger partial charge is 0.0900 e. The molecular weight excluding hydrogens is 340 g/mol. The van der Waals surface area contributed by atoms with E-state index in [1.165, 1.54) is 5.56 Å². The first-order chi connectivity index (χ1) is 12.2. The van der Waals surface area contributed by atoms with Gasteiger partial charge in [0.05, 0.1) is 25.4 Å². The molecule has 2 fully saturated rings. The summed E-state index contributed by atoms with van der Waals surface area (Å²) in [6.07, 6.45) is 1.99. The lowest BCUT2D eigenvalue weighted by Gasteiger charge is -2.35. The Balaban J connectivity index is 1.30. The lowest BCUT2D eigenvalue weighted by molar-refractivity contribution is -0.0287. The number of hydrogen-bond acceptors (Lipinski definition) is 5. The second-order valence-corrected chi connectivity index (χ2v) is 7.47. The Morgan fingerprint density at radius 3 is 2.76 bits per heavy atom. The van der Waals surface area contributed by atoms with Crippen molar-refractivity contribution >= 4 is 11.6 Å². The molecule has 2 saturated heterocycles. The summed E-state index contributed by atoms with van der Waals surface area (Å²) >= 11 is 6.05. The predicted molar refractivity (Wildman–Crippen MR) is 99.0 cm³/mol. The summed E-state index contributed by atoms with van der Waals surface area (Å²) in [6, 6.07) is 8.06. The summed E-state index contributed by atoms with van der Waals surface area (Å²) in [5.41, 5.74) is 1.25. The first-order valence-corrected chi connectivity index (χ1v) is 9.63. The van der Waals surface area contributed by atoms with Crippen LogP contribution in [0.25, 0.3) is 0 Å². The van der Waals surface area contributed by atoms with Gasteiger partial charge in [-0.1, -0.05) is 23.7 Å². The standard InChI is InChI=1S/C19H29ClN2O3/c20-17-4-1-3-16(11-17)12-21-6-8-22(9-7-21)13-18(23)14-24-15-19-5-2-10-25-19/h1,3-4,11,18-19,23H,2,5-10,12-15H2. The summed E-state index contributed by atoms with van der Waals surface area (Å²) in [5.74, 6) is 0. The molecule has 0 amide bonds. The molecule has 5 nitrogen and oxygen atoms in total. The maximum Gasteiger partial charge on any atom is 0.0900 e. The molecule has 1 aromatic rings. The van der Waals surface area contributed by atoms with E-state index in [4.69, 9.17) is 21.1 Å². The summed E-state index contributed by atoms with van der Waals surface area (Å²) < 4.78 is 11.1. The van der Waals surface area contributed by atoms with Crippen LogP contribution >= 0.6 is 11.6 Å². The Morgan fingerprint density at radius 2 is 2.04 bits per heavy atom. The van der Waals surface area contributed by atoms with Gasteiger partial charge in [-0.2, -0.15) is 0 Å². The molecule has 2 unspecified atom stereocenters. The van der Waals surface area contributed by atoms with Crippen molar-refractivity contribution in [3.05, 3.63) is 34.9 Å². The normalized spacial score (nSPS) is 23.8. The Bertz CT molecular complexity index is 517. The van der Waals surface area contributed by atoms with Gasteiger partial charge >= 0.3 is 0 Å². The summed E-state index contributed by atoms with van der Waals surface area (Å²) in [4.78, 5) is 4.75. The van der Waals surface area contributed by atoms with Crippen LogP contribution in [-0.2, 0) is 16.0 Å². The molecular formula is C19H29ClN2O3. The molecule has 0 bridgehead atoms. The first-order valence-electron chi connectivity index (χ1n) is 9.25. The summed E-state index contributed by atoms with van der Waals surface area (Å²) in [7, 11) is 0. The van der Waals surface area contributed by atoms with Crippen LogP contribution in [0.1, 0.15) is 18.4 Å². The molecule has 25 heavy (non-hydrogen) atoms. The zero-order chi connectivity index (χ0) is 17.5. The number of hydrogen-bond donors (Lipinski definition) is 1. The number of ether oxygens (including phenoxy) is 2. The molecule has 0 radical (unpaired) electrons. The van der Waals surface area contributed by atoms with Gasteiger partial charge in [-0.3, -0.25) is 9.80 Å². The van der Waals surface area contributed by atoms with E-state index in [9.17, 15) is 5.11 Å². The number of aliphatic hydroxyl groups is 1. The van der Waals surface area contributed by atoms with Gasteiger partial charge in [0.2, 0.25) is 0 Å². The lowest BCUT2D eigenvalue weighted by Crippen LogP contribution is -2.48. The van der Waals surface area contributed by atoms with Crippen LogP contribution in [0, 0.1) is 0 Å². The van der Waals surface area contributed by atoms with Crippen molar-refractivity contribution in [1.29, 1.82) is 0 Å². The lowest BCUT2D eigenvalue weighted by atomic mass is 10.2. The van der Waals surface area contributed by atoms with Gasteiger partial charge in [-0.15, -0.1) is 0 Å². The monoisotopic (exact) mass is 368 g/mol. The Morgan fingerprint density at radius 1 is 1.24 bits per heavy atom. The van der Waals surface area contributed by atoms with Crippen molar-refractivity contribution < 1.29 is 14.6 Å². The fourth-order valence-corrected chi connectivity index (χ4v) is 3.70. The number of β-amino-alcohol motifs (C(OH)–C–C–N with tert-alkyl or cyclic N) is 1. The molecule has 2 aliphatic heterocycles. The second-order valence-electron chi connectivity index (χ2n) is 7.03. The van der Waals surface area contributed by atoms with Crippen LogP contribution in [0.3, 0.4) is 0 Å². The van der Waals surface area contributed by atoms with Crippen molar-refractivity contribution in [1.82, 2.24) is 9.80 Å². The topological polar surface area (TPSA) is 45.2 Å². The van der Waals surface area contributed by atoms with Gasteiger partial charge in [0.25, 0.3) is 0 Å². The third-order valence-electron chi connectivity index (χ3n) is 4.87. The SMILES string of the molecule is OC(COCC1CCCO1)CN1CCN(Cc2cccc(Cl)c2)CC1. The van der Waals surface area contributed by atoms with Gasteiger partial charge in [0, 0.05) is 50.9 Å². The van der Waals surface area contributed by atoms with Gasteiger partial charge in [0.15, 0.2) is 0 Å². The van der Waals surface area contributed by atoms with Crippen LogP contribution in [-0.4, -0.2) is 79.7 Å². The van der Waals surface area contributed by atoms with Crippen LogP contribution < -0.4 is 0 Å². The van der Waals surface area contributed by atoms with Crippen molar-refractivity contribution in [2.24, 2.45) is 0 Å². The van der Waals surface area contributed by atoms with E-state index in [-0.39, 0.29) is 6.10 Å². The molecule has 2 heterocycles. The number of halogens is 1. The maximum absolute atomic E-state index is 10.2. The minimum atomic E-state index is -0.430. The van der Waals surface area contributed by atoms with Gasteiger partial charge in [-0.25, -0.2) is 0 Å². The molecule has 1 N–H and O–H groups in total. The molecule has 0 aliphatic carbocycles. The summed E-state index contributed by atoms with van der Waals surface area (Å²) in [5, 5.41) is 11.0. The number of aliphatic hydroxyl groups excluding tert-OH is 1. The quantitative estimate of drug-likeness (QED) is 0.760. The van der Waals surface area contributed by atoms with Crippen LogP contribution in [0.5, 0.6) is 0 Å². The first kappa shape index (κ1) is 19.1. The largest absolute Gasteiger partial charge is 0.389 e. The average Bonchev–Trinajstić information content (AvgIpc) is 3.10. The zero-order valence-electron chi connectivity index (χ0n) is 14.8. The third-order valence-corrected chi connectivity index (χ3v) is 5.10. The molecule has 0 spiro atoms. The van der Waals surface area contributed by atoms with E-state index < -0.39 is 6.10 Å². The van der Waals surface area contributed by atoms with Gasteiger partial charge in [0.1, 0.15) is 0 Å². The van der Waals surface area contributed by atoms with E-state index in [1.807, 2.05) is 18.2 Å². The second kappa shape index (κ2) is 9.86. The van der Waals surface area contributed by atoms with Crippen molar-refractivity contribution in [2.45, 2.75) is 31.6 Å². The molecule has 0 aromatic heterocycles. The van der Waals surface area contributed by atoms with Crippen molar-refractivity contribution in [3.63, 3.8) is 0 Å². The zero-order valence-corrected chi connectivity index (χ0v) is 15.5. The maximum atomic E-state index is 10.2. The molecule has 3 rings (SSSR count). The van der Waals surface area contributed by atoms with Crippen LogP contribution in [0.15, 0.2) is 24.3 Å². The van der Waals surface area contributed by atoms with Crippen molar-refractivity contribution in [3.8, 4) is 0 Å². The molecule has 6 heteroatoms. The number of piperazine rings is 1. The van der Waals surface area contributed by atoms with Gasteiger partial charge < -0.3 is 14.6 Å². The third kappa shape index (κ3) is 6.51. The molecule has 140 valence electrons. The summed E-state index contributed by atoms with van der Waals surface area (Å²) in [6.45, 7) is 7.42. The van der Waals surface area contributed by atoms with E-state index in [2.05, 4.69) is 15.9 Å². The number of benzene rings is 1. The molecule has 0 saturated carbocycles. The van der Waals surface area contributed by atoms with Crippen molar-refractivity contribution in [2.75, 3.05) is 52.5 Å². The predicted octanol–water partition coefficient (Wildman–Crippen LogP) is 2.01. The number of nitrogens with zero attached hydrogens (tertiary/aromatic N) is 2. The Kier molecular flexibility index (Phi) is 7.52. The van der Waals surface area contributed by atoms with E-state index in [0.717, 1.165) is 57.2 Å². The molecule has 1 aromatic carbocycles. The van der Waals surface area contributed by atoms with E-state index >= 15 is 0 Å². The van der Waals surface area contributed by atoms with E-state index in [1.54, 1.807) is 0 Å². The molecule has 2 aliphatic rings. The Labute approximate surface area is 155 Å². The highest BCUT2D eigenvalue weighted by molar-refractivity contribution is 6.30.